The van der Waals surface area contributed by atoms with Crippen LogP contribution in [0.4, 0.5) is 0 Å². The average molecular weight is 288 g/mol. The summed E-state index contributed by atoms with van der Waals surface area (Å²) in [7, 11) is 3.26. The fourth-order valence-electron chi connectivity index (χ4n) is 2.00. The third-order valence-corrected chi connectivity index (χ3v) is 3.32. The summed E-state index contributed by atoms with van der Waals surface area (Å²) in [5.41, 5.74) is 1.02. The topological polar surface area (TPSA) is 47.9 Å². The van der Waals surface area contributed by atoms with E-state index in [1.165, 1.54) is 0 Å². The van der Waals surface area contributed by atoms with Crippen LogP contribution in [-0.2, 0) is 0 Å². The molecule has 4 heteroatoms. The van der Waals surface area contributed by atoms with Gasteiger partial charge in [0.15, 0.2) is 0 Å². The molecule has 2 aromatic rings. The molecule has 2 aromatic carbocycles. The predicted octanol–water partition coefficient (Wildman–Crippen LogP) is 2.86. The fraction of sp³-hybridized carbons (Fsp3) is 0.294. The van der Waals surface area contributed by atoms with Crippen molar-refractivity contribution in [2.75, 3.05) is 27.4 Å². The van der Waals surface area contributed by atoms with Gasteiger partial charge in [0.1, 0.15) is 17.2 Å². The Balaban J connectivity index is 1.97. The van der Waals surface area contributed by atoms with Crippen molar-refractivity contribution in [3.05, 3.63) is 54.1 Å². The number of aliphatic hydroxyl groups is 1. The van der Waals surface area contributed by atoms with Crippen LogP contribution in [0.3, 0.4) is 0 Å². The Hall–Kier alpha value is -2.20. The quantitative estimate of drug-likeness (QED) is 0.851. The molecule has 0 bridgehead atoms. The number of rotatable bonds is 7. The van der Waals surface area contributed by atoms with Crippen LogP contribution in [0.25, 0.3) is 0 Å². The number of benzene rings is 2. The molecule has 0 saturated carbocycles. The van der Waals surface area contributed by atoms with E-state index in [4.69, 9.17) is 14.2 Å². The van der Waals surface area contributed by atoms with Crippen molar-refractivity contribution in [2.45, 2.75) is 5.92 Å². The zero-order chi connectivity index (χ0) is 15.1. The first kappa shape index (κ1) is 15.2. The maximum absolute atomic E-state index is 9.53. The maximum atomic E-state index is 9.53. The minimum atomic E-state index is -0.0713. The van der Waals surface area contributed by atoms with E-state index in [0.717, 1.165) is 22.8 Å². The molecule has 0 aliphatic carbocycles. The van der Waals surface area contributed by atoms with E-state index in [9.17, 15) is 5.11 Å². The molecule has 0 saturated heterocycles. The summed E-state index contributed by atoms with van der Waals surface area (Å²) in [6.45, 7) is 0.442. The minimum absolute atomic E-state index is 0.0302. The van der Waals surface area contributed by atoms with Crippen LogP contribution < -0.4 is 14.2 Å². The van der Waals surface area contributed by atoms with E-state index in [0.29, 0.717) is 6.61 Å². The van der Waals surface area contributed by atoms with E-state index >= 15 is 0 Å². The standard InChI is InChI=1S/C17H20O4/c1-19-15-5-3-13(4-6-15)14(11-18)12-21-17-9-7-16(20-2)8-10-17/h3-10,14,18H,11-12H2,1-2H3. The predicted molar refractivity (Wildman–Crippen MR) is 81.3 cm³/mol. The first-order valence-corrected chi connectivity index (χ1v) is 6.78. The lowest BCUT2D eigenvalue weighted by Crippen LogP contribution is -2.14. The summed E-state index contributed by atoms with van der Waals surface area (Å²) in [6.07, 6.45) is 0. The molecular formula is C17H20O4. The number of hydrogen-bond donors (Lipinski definition) is 1. The van der Waals surface area contributed by atoms with Gasteiger partial charge in [-0.25, -0.2) is 0 Å². The van der Waals surface area contributed by atoms with Gasteiger partial charge in [0.2, 0.25) is 0 Å². The number of methoxy groups -OCH3 is 2. The molecular weight excluding hydrogens is 268 g/mol. The summed E-state index contributed by atoms with van der Waals surface area (Å²) in [6, 6.07) is 15.0. The Labute approximate surface area is 124 Å². The summed E-state index contributed by atoms with van der Waals surface area (Å²) < 4.78 is 16.0. The van der Waals surface area contributed by atoms with Crippen LogP contribution in [0.2, 0.25) is 0 Å². The molecule has 1 N–H and O–H groups in total. The highest BCUT2D eigenvalue weighted by molar-refractivity contribution is 5.32. The number of hydrogen-bond acceptors (Lipinski definition) is 4. The SMILES string of the molecule is COc1ccc(OCC(CO)c2ccc(OC)cc2)cc1. The lowest BCUT2D eigenvalue weighted by Gasteiger charge is -2.16. The van der Waals surface area contributed by atoms with E-state index < -0.39 is 0 Å². The molecule has 0 aromatic heterocycles. The van der Waals surface area contributed by atoms with Gasteiger partial charge in [-0.2, -0.15) is 0 Å². The van der Waals surface area contributed by atoms with Gasteiger partial charge in [0.25, 0.3) is 0 Å². The smallest absolute Gasteiger partial charge is 0.119 e. The Morgan fingerprint density at radius 1 is 0.810 bits per heavy atom. The lowest BCUT2D eigenvalue weighted by molar-refractivity contribution is 0.205. The van der Waals surface area contributed by atoms with Gasteiger partial charge >= 0.3 is 0 Å². The van der Waals surface area contributed by atoms with Crippen molar-refractivity contribution in [1.29, 1.82) is 0 Å². The van der Waals surface area contributed by atoms with Crippen LogP contribution in [0.5, 0.6) is 17.2 Å². The van der Waals surface area contributed by atoms with Gasteiger partial charge in [-0.3, -0.25) is 0 Å². The van der Waals surface area contributed by atoms with Gasteiger partial charge < -0.3 is 19.3 Å². The molecule has 112 valence electrons. The normalized spacial score (nSPS) is 11.8. The third kappa shape index (κ3) is 4.13. The summed E-state index contributed by atoms with van der Waals surface area (Å²) in [4.78, 5) is 0. The first-order chi connectivity index (χ1) is 10.3. The summed E-state index contributed by atoms with van der Waals surface area (Å²) in [5, 5.41) is 9.53. The van der Waals surface area contributed by atoms with E-state index in [2.05, 4.69) is 0 Å². The Morgan fingerprint density at radius 3 is 1.76 bits per heavy atom. The van der Waals surface area contributed by atoms with E-state index in [-0.39, 0.29) is 12.5 Å². The molecule has 1 unspecified atom stereocenters. The monoisotopic (exact) mass is 288 g/mol. The largest absolute Gasteiger partial charge is 0.497 e. The molecule has 21 heavy (non-hydrogen) atoms. The second kappa shape index (κ2) is 7.55. The highest BCUT2D eigenvalue weighted by atomic mass is 16.5. The zero-order valence-electron chi connectivity index (χ0n) is 12.3. The van der Waals surface area contributed by atoms with E-state index in [1.54, 1.807) is 14.2 Å². The average Bonchev–Trinajstić information content (AvgIpc) is 2.56. The molecule has 0 aliphatic rings. The van der Waals surface area contributed by atoms with Crippen molar-refractivity contribution >= 4 is 0 Å². The van der Waals surface area contributed by atoms with Crippen LogP contribution in [0.1, 0.15) is 11.5 Å². The van der Waals surface area contributed by atoms with Crippen molar-refractivity contribution in [2.24, 2.45) is 0 Å². The van der Waals surface area contributed by atoms with Gasteiger partial charge in [-0.1, -0.05) is 12.1 Å². The second-order valence-electron chi connectivity index (χ2n) is 4.64. The van der Waals surface area contributed by atoms with Gasteiger partial charge in [-0.15, -0.1) is 0 Å². The molecule has 0 fully saturated rings. The van der Waals surface area contributed by atoms with Crippen molar-refractivity contribution in [3.63, 3.8) is 0 Å². The molecule has 4 nitrogen and oxygen atoms in total. The molecule has 0 aliphatic heterocycles. The molecule has 0 amide bonds. The fourth-order valence-corrected chi connectivity index (χ4v) is 2.00. The number of ether oxygens (including phenoxy) is 3. The van der Waals surface area contributed by atoms with Gasteiger partial charge in [0.05, 0.1) is 27.4 Å². The third-order valence-electron chi connectivity index (χ3n) is 3.32. The summed E-state index contributed by atoms with van der Waals surface area (Å²) >= 11 is 0. The first-order valence-electron chi connectivity index (χ1n) is 6.78. The molecule has 0 spiro atoms. The molecule has 0 radical (unpaired) electrons. The van der Waals surface area contributed by atoms with Crippen LogP contribution in [0.15, 0.2) is 48.5 Å². The molecule has 0 heterocycles. The van der Waals surface area contributed by atoms with Crippen molar-refractivity contribution in [3.8, 4) is 17.2 Å². The number of aliphatic hydroxyl groups excluding tert-OH is 1. The van der Waals surface area contributed by atoms with Crippen molar-refractivity contribution in [1.82, 2.24) is 0 Å². The zero-order valence-corrected chi connectivity index (χ0v) is 12.3. The highest BCUT2D eigenvalue weighted by Gasteiger charge is 2.11. The second-order valence-corrected chi connectivity index (χ2v) is 4.64. The van der Waals surface area contributed by atoms with Crippen LogP contribution >= 0.6 is 0 Å². The van der Waals surface area contributed by atoms with Crippen LogP contribution in [0, 0.1) is 0 Å². The molecule has 2 rings (SSSR count). The Kier molecular flexibility index (Phi) is 5.46. The summed E-state index contributed by atoms with van der Waals surface area (Å²) in [5.74, 6) is 2.27. The van der Waals surface area contributed by atoms with Gasteiger partial charge in [-0.05, 0) is 42.0 Å². The van der Waals surface area contributed by atoms with Crippen molar-refractivity contribution < 1.29 is 19.3 Å². The van der Waals surface area contributed by atoms with Gasteiger partial charge in [0, 0.05) is 5.92 Å². The van der Waals surface area contributed by atoms with Crippen LogP contribution in [-0.4, -0.2) is 32.5 Å². The lowest BCUT2D eigenvalue weighted by atomic mass is 10.0. The Bertz CT molecular complexity index is 534. The van der Waals surface area contributed by atoms with E-state index in [1.807, 2.05) is 48.5 Å². The maximum Gasteiger partial charge on any atom is 0.119 e. The molecule has 1 atom stereocenters. The highest BCUT2D eigenvalue weighted by Crippen LogP contribution is 2.22. The Morgan fingerprint density at radius 2 is 1.29 bits per heavy atom. The minimum Gasteiger partial charge on any atom is -0.497 e.